The van der Waals surface area contributed by atoms with Crippen molar-refractivity contribution in [2.45, 2.75) is 6.42 Å². The molecule has 0 aliphatic heterocycles. The summed E-state index contributed by atoms with van der Waals surface area (Å²) in [5.74, 6) is -0.00699. The minimum atomic E-state index is -0.00699. The van der Waals surface area contributed by atoms with Gasteiger partial charge in [0.15, 0.2) is 0 Å². The third kappa shape index (κ3) is 1.81. The molecule has 66 valence electrons. The molecule has 0 amide bonds. The van der Waals surface area contributed by atoms with E-state index in [-0.39, 0.29) is 5.91 Å². The molecule has 0 N–H and O–H groups in total. The van der Waals surface area contributed by atoms with Crippen LogP contribution in [0.4, 0.5) is 0 Å². The number of nitrogens with zero attached hydrogens (tertiary/aromatic N) is 3. The number of imidazole rings is 1. The van der Waals surface area contributed by atoms with Gasteiger partial charge in [0, 0.05) is 24.0 Å². The van der Waals surface area contributed by atoms with E-state index in [9.17, 15) is 4.79 Å². The second kappa shape index (κ2) is 3.49. The Kier molecular flexibility index (Phi) is 2.18. The van der Waals surface area contributed by atoms with Gasteiger partial charge in [0.25, 0.3) is 0 Å². The van der Waals surface area contributed by atoms with Crippen molar-refractivity contribution in [1.29, 1.82) is 0 Å². The number of hydrogen-bond acceptors (Lipinski definition) is 4. The van der Waals surface area contributed by atoms with Crippen molar-refractivity contribution < 1.29 is 4.79 Å². The second-order valence-electron chi connectivity index (χ2n) is 2.47. The highest BCUT2D eigenvalue weighted by Gasteiger charge is 2.06. The van der Waals surface area contributed by atoms with Crippen LogP contribution < -0.4 is 0 Å². The van der Waals surface area contributed by atoms with Crippen molar-refractivity contribution >= 4 is 17.2 Å². The molecule has 5 heteroatoms. The van der Waals surface area contributed by atoms with Gasteiger partial charge in [-0.3, -0.25) is 9.36 Å². The van der Waals surface area contributed by atoms with Gasteiger partial charge in [-0.15, -0.1) is 11.3 Å². The first-order chi connectivity index (χ1) is 6.36. The molecular weight excluding hydrogens is 186 g/mol. The fraction of sp³-hybridized carbons (Fsp3) is 0.125. The Morgan fingerprint density at radius 3 is 3.08 bits per heavy atom. The first-order valence-electron chi connectivity index (χ1n) is 3.76. The Labute approximate surface area is 78.9 Å². The summed E-state index contributed by atoms with van der Waals surface area (Å²) in [5.41, 5.74) is 0. The molecule has 0 aliphatic rings. The molecule has 2 aromatic heterocycles. The van der Waals surface area contributed by atoms with Gasteiger partial charge in [-0.25, -0.2) is 9.97 Å². The van der Waals surface area contributed by atoms with E-state index in [1.54, 1.807) is 18.6 Å². The maximum Gasteiger partial charge on any atom is 0.238 e. The van der Waals surface area contributed by atoms with Gasteiger partial charge in [-0.2, -0.15) is 0 Å². The van der Waals surface area contributed by atoms with Crippen molar-refractivity contribution in [3.8, 4) is 0 Å². The lowest BCUT2D eigenvalue weighted by Gasteiger charge is -1.96. The van der Waals surface area contributed by atoms with Crippen LogP contribution in [0.3, 0.4) is 0 Å². The van der Waals surface area contributed by atoms with E-state index in [0.717, 1.165) is 5.01 Å². The lowest BCUT2D eigenvalue weighted by Crippen LogP contribution is -2.10. The molecule has 2 rings (SSSR count). The molecule has 0 saturated carbocycles. The Morgan fingerprint density at radius 2 is 2.46 bits per heavy atom. The number of carbonyl (C=O) groups excluding carboxylic acids is 1. The molecule has 0 radical (unpaired) electrons. The van der Waals surface area contributed by atoms with E-state index in [1.165, 1.54) is 22.2 Å². The maximum absolute atomic E-state index is 11.5. The van der Waals surface area contributed by atoms with E-state index in [0.29, 0.717) is 6.42 Å². The predicted octanol–water partition coefficient (Wildman–Crippen LogP) is 1.22. The maximum atomic E-state index is 11.5. The summed E-state index contributed by atoms with van der Waals surface area (Å²) in [5, 5.41) is 2.69. The normalized spacial score (nSPS) is 10.2. The van der Waals surface area contributed by atoms with Crippen LogP contribution >= 0.6 is 11.3 Å². The third-order valence-corrected chi connectivity index (χ3v) is 2.36. The second-order valence-corrected chi connectivity index (χ2v) is 3.45. The zero-order chi connectivity index (χ0) is 9.10. The minimum Gasteiger partial charge on any atom is -0.276 e. The van der Waals surface area contributed by atoms with Crippen molar-refractivity contribution in [2.24, 2.45) is 0 Å². The van der Waals surface area contributed by atoms with Crippen molar-refractivity contribution in [3.63, 3.8) is 0 Å². The summed E-state index contributed by atoms with van der Waals surface area (Å²) in [6.45, 7) is 0. The molecule has 0 saturated heterocycles. The van der Waals surface area contributed by atoms with Crippen LogP contribution in [0.2, 0.25) is 0 Å². The van der Waals surface area contributed by atoms with Gasteiger partial charge in [0.2, 0.25) is 5.91 Å². The smallest absolute Gasteiger partial charge is 0.238 e. The highest BCUT2D eigenvalue weighted by atomic mass is 32.1. The lowest BCUT2D eigenvalue weighted by atomic mass is 10.4. The van der Waals surface area contributed by atoms with Gasteiger partial charge in [-0.1, -0.05) is 0 Å². The van der Waals surface area contributed by atoms with Gasteiger partial charge < -0.3 is 0 Å². The van der Waals surface area contributed by atoms with Gasteiger partial charge in [0.1, 0.15) is 11.3 Å². The SMILES string of the molecule is O=C(Cc1nccs1)n1ccnc1. The largest absolute Gasteiger partial charge is 0.276 e. The Morgan fingerprint density at radius 1 is 1.54 bits per heavy atom. The quantitative estimate of drug-likeness (QED) is 0.720. The molecule has 2 aromatic rings. The summed E-state index contributed by atoms with van der Waals surface area (Å²) in [6.07, 6.45) is 6.75. The average Bonchev–Trinajstić information content (AvgIpc) is 2.74. The summed E-state index contributed by atoms with van der Waals surface area (Å²) in [7, 11) is 0. The average molecular weight is 193 g/mol. The van der Waals surface area contributed by atoms with E-state index in [4.69, 9.17) is 0 Å². The van der Waals surface area contributed by atoms with Crippen molar-refractivity contribution in [3.05, 3.63) is 35.3 Å². The molecule has 2 heterocycles. The van der Waals surface area contributed by atoms with Gasteiger partial charge in [-0.05, 0) is 0 Å². The highest BCUT2D eigenvalue weighted by molar-refractivity contribution is 7.09. The Bertz CT molecular complexity index is 379. The number of thiazole rings is 1. The predicted molar refractivity (Wildman–Crippen MR) is 48.7 cm³/mol. The summed E-state index contributed by atoms with van der Waals surface area (Å²) in [6, 6.07) is 0. The molecule has 0 fully saturated rings. The summed E-state index contributed by atoms with van der Waals surface area (Å²) < 4.78 is 1.46. The summed E-state index contributed by atoms with van der Waals surface area (Å²) >= 11 is 1.48. The number of hydrogen-bond donors (Lipinski definition) is 0. The topological polar surface area (TPSA) is 47.8 Å². The van der Waals surface area contributed by atoms with Crippen LogP contribution in [-0.2, 0) is 6.42 Å². The van der Waals surface area contributed by atoms with Crippen molar-refractivity contribution in [1.82, 2.24) is 14.5 Å². The monoisotopic (exact) mass is 193 g/mol. The van der Waals surface area contributed by atoms with E-state index >= 15 is 0 Å². The Hall–Kier alpha value is -1.49. The van der Waals surface area contributed by atoms with E-state index < -0.39 is 0 Å². The van der Waals surface area contributed by atoms with Gasteiger partial charge in [0.05, 0.1) is 6.42 Å². The van der Waals surface area contributed by atoms with Gasteiger partial charge >= 0.3 is 0 Å². The fourth-order valence-corrected chi connectivity index (χ4v) is 1.57. The lowest BCUT2D eigenvalue weighted by molar-refractivity contribution is 0.0914. The number of aromatic nitrogens is 3. The Balaban J connectivity index is 2.08. The molecule has 0 spiro atoms. The number of carbonyl (C=O) groups is 1. The van der Waals surface area contributed by atoms with Crippen LogP contribution in [0.15, 0.2) is 30.3 Å². The molecule has 0 bridgehead atoms. The molecule has 0 aromatic carbocycles. The van der Waals surface area contributed by atoms with Crippen molar-refractivity contribution in [2.75, 3.05) is 0 Å². The molecule has 0 unspecified atom stereocenters. The molecular formula is C8H7N3OS. The molecule has 0 aliphatic carbocycles. The van der Waals surface area contributed by atoms with Crippen LogP contribution in [0, 0.1) is 0 Å². The van der Waals surface area contributed by atoms with Crippen LogP contribution in [-0.4, -0.2) is 20.4 Å². The van der Waals surface area contributed by atoms with E-state index in [1.807, 2.05) is 5.38 Å². The molecule has 0 atom stereocenters. The van der Waals surface area contributed by atoms with Crippen LogP contribution in [0.1, 0.15) is 9.80 Å². The molecule has 13 heavy (non-hydrogen) atoms. The first-order valence-corrected chi connectivity index (χ1v) is 4.64. The number of rotatable bonds is 2. The van der Waals surface area contributed by atoms with E-state index in [2.05, 4.69) is 9.97 Å². The van der Waals surface area contributed by atoms with Crippen LogP contribution in [0.25, 0.3) is 0 Å². The highest BCUT2D eigenvalue weighted by Crippen LogP contribution is 2.05. The first kappa shape index (κ1) is 8.12. The minimum absolute atomic E-state index is 0.00699. The third-order valence-electron chi connectivity index (χ3n) is 1.58. The summed E-state index contributed by atoms with van der Waals surface area (Å²) in [4.78, 5) is 19.3. The zero-order valence-electron chi connectivity index (χ0n) is 6.75. The molecule has 4 nitrogen and oxygen atoms in total. The zero-order valence-corrected chi connectivity index (χ0v) is 7.57. The fourth-order valence-electron chi connectivity index (χ4n) is 0.968. The van der Waals surface area contributed by atoms with Crippen LogP contribution in [0.5, 0.6) is 0 Å². The standard InChI is InChI=1S/C8H7N3OS/c12-8(11-3-1-9-6-11)5-7-10-2-4-13-7/h1-4,6H,5H2.